The molecular weight excluding hydrogens is 413 g/mol. The van der Waals surface area contributed by atoms with Gasteiger partial charge in [0.15, 0.2) is 0 Å². The maximum absolute atomic E-state index is 13.5. The van der Waals surface area contributed by atoms with Gasteiger partial charge in [0.1, 0.15) is 5.60 Å². The number of nitriles is 1. The molecule has 0 bridgehead atoms. The molecule has 0 aliphatic carbocycles. The minimum atomic E-state index is -4.61. The molecule has 1 saturated heterocycles. The summed E-state index contributed by atoms with van der Waals surface area (Å²) in [5.74, 6) is -0.759. The van der Waals surface area contributed by atoms with E-state index < -0.39 is 29.4 Å². The second-order valence-electron chi connectivity index (χ2n) is 8.35. The summed E-state index contributed by atoms with van der Waals surface area (Å²) in [5, 5.41) is 14.2. The van der Waals surface area contributed by atoms with Gasteiger partial charge in [-0.05, 0) is 51.8 Å². The molecule has 1 atom stereocenters. The molecule has 1 fully saturated rings. The predicted molar refractivity (Wildman–Crippen MR) is 108 cm³/mol. The first kappa shape index (κ1) is 24.3. The minimum absolute atomic E-state index is 0.0319. The molecule has 1 aromatic carbocycles. The first-order chi connectivity index (χ1) is 14.4. The maximum atomic E-state index is 13.5. The highest BCUT2D eigenvalue weighted by atomic mass is 19.4. The Hall–Kier alpha value is -2.96. The molecule has 1 heterocycles. The highest BCUT2D eigenvalue weighted by molar-refractivity contribution is 5.80. The molecule has 1 aliphatic heterocycles. The van der Waals surface area contributed by atoms with Crippen molar-refractivity contribution in [2.24, 2.45) is 5.92 Å². The molecule has 170 valence electrons. The number of benzene rings is 1. The number of hydrogen-bond donors (Lipinski definition) is 2. The lowest BCUT2D eigenvalue weighted by Gasteiger charge is -2.35. The Morgan fingerprint density at radius 2 is 1.90 bits per heavy atom. The van der Waals surface area contributed by atoms with Crippen LogP contribution in [0.5, 0.6) is 0 Å². The van der Waals surface area contributed by atoms with E-state index in [1.54, 1.807) is 26.8 Å². The van der Waals surface area contributed by atoms with Crippen LogP contribution in [0.4, 0.5) is 23.7 Å². The standard InChI is InChI=1S/C21H27F3N4O3/c1-20(2,3)31-19(30)27-9-8-26-18(29)15-5-4-10-28(13-15)17-7-6-14(12-25)11-16(17)21(22,23)24/h6-7,11,15H,4-5,8-10,13H2,1-3H3,(H,26,29)(H,27,30). The van der Waals surface area contributed by atoms with Crippen molar-refractivity contribution >= 4 is 17.7 Å². The third kappa shape index (κ3) is 7.35. The number of rotatable bonds is 5. The average molecular weight is 440 g/mol. The summed E-state index contributed by atoms with van der Waals surface area (Å²) in [5.41, 5.74) is -1.61. The molecule has 31 heavy (non-hydrogen) atoms. The number of anilines is 1. The number of nitrogens with one attached hydrogen (secondary N) is 2. The SMILES string of the molecule is CC(C)(C)OC(=O)NCCNC(=O)C1CCCN(c2ccc(C#N)cc2C(F)(F)F)C1. The normalized spacial score (nSPS) is 16.9. The topological polar surface area (TPSA) is 94.5 Å². The fourth-order valence-electron chi connectivity index (χ4n) is 3.33. The number of amides is 2. The van der Waals surface area contributed by atoms with Crippen LogP contribution in [-0.4, -0.2) is 43.8 Å². The van der Waals surface area contributed by atoms with Crippen LogP contribution in [0, 0.1) is 17.2 Å². The third-order valence-electron chi connectivity index (χ3n) is 4.66. The lowest BCUT2D eigenvalue weighted by Crippen LogP contribution is -2.45. The second-order valence-corrected chi connectivity index (χ2v) is 8.35. The van der Waals surface area contributed by atoms with Crippen LogP contribution in [0.15, 0.2) is 18.2 Å². The van der Waals surface area contributed by atoms with E-state index in [-0.39, 0.29) is 36.8 Å². The largest absolute Gasteiger partial charge is 0.444 e. The zero-order valence-electron chi connectivity index (χ0n) is 17.8. The van der Waals surface area contributed by atoms with E-state index in [0.717, 1.165) is 6.07 Å². The van der Waals surface area contributed by atoms with Crippen molar-refractivity contribution in [1.29, 1.82) is 5.26 Å². The first-order valence-electron chi connectivity index (χ1n) is 10.0. The van der Waals surface area contributed by atoms with E-state index in [1.807, 2.05) is 0 Å². The lowest BCUT2D eigenvalue weighted by molar-refractivity contribution is -0.137. The van der Waals surface area contributed by atoms with Crippen molar-refractivity contribution in [3.05, 3.63) is 29.3 Å². The quantitative estimate of drug-likeness (QED) is 0.684. The smallest absolute Gasteiger partial charge is 0.418 e. The molecule has 7 nitrogen and oxygen atoms in total. The number of nitrogens with zero attached hydrogens (tertiary/aromatic N) is 2. The fourth-order valence-corrected chi connectivity index (χ4v) is 3.33. The van der Waals surface area contributed by atoms with Crippen molar-refractivity contribution in [2.75, 3.05) is 31.1 Å². The number of hydrogen-bond acceptors (Lipinski definition) is 5. The van der Waals surface area contributed by atoms with Crippen LogP contribution >= 0.6 is 0 Å². The van der Waals surface area contributed by atoms with Gasteiger partial charge in [0.25, 0.3) is 0 Å². The van der Waals surface area contributed by atoms with Crippen LogP contribution in [0.2, 0.25) is 0 Å². The Balaban J connectivity index is 1.95. The van der Waals surface area contributed by atoms with Gasteiger partial charge in [-0.2, -0.15) is 18.4 Å². The van der Waals surface area contributed by atoms with Gasteiger partial charge < -0.3 is 20.3 Å². The molecule has 0 radical (unpaired) electrons. The van der Waals surface area contributed by atoms with E-state index in [4.69, 9.17) is 10.00 Å². The molecule has 2 rings (SSSR count). The van der Waals surface area contributed by atoms with Gasteiger partial charge in [-0.1, -0.05) is 0 Å². The van der Waals surface area contributed by atoms with Gasteiger partial charge in [0, 0.05) is 31.9 Å². The van der Waals surface area contributed by atoms with E-state index in [2.05, 4.69) is 10.6 Å². The van der Waals surface area contributed by atoms with Gasteiger partial charge in [-0.25, -0.2) is 4.79 Å². The Bertz CT molecular complexity index is 844. The predicted octanol–water partition coefficient (Wildman–Crippen LogP) is 3.43. The van der Waals surface area contributed by atoms with Gasteiger partial charge in [-0.3, -0.25) is 4.79 Å². The van der Waals surface area contributed by atoms with E-state index in [9.17, 15) is 22.8 Å². The number of halogens is 3. The first-order valence-corrected chi connectivity index (χ1v) is 10.0. The molecule has 2 amide bonds. The zero-order chi connectivity index (χ0) is 23.2. The summed E-state index contributed by atoms with van der Waals surface area (Å²) in [6.07, 6.45) is -4.08. The summed E-state index contributed by atoms with van der Waals surface area (Å²) in [7, 11) is 0. The molecule has 1 aliphatic rings. The Labute approximate surface area is 179 Å². The van der Waals surface area contributed by atoms with Gasteiger partial charge in [0.2, 0.25) is 5.91 Å². The van der Waals surface area contributed by atoms with Crippen molar-refractivity contribution in [1.82, 2.24) is 10.6 Å². The van der Waals surface area contributed by atoms with Crippen molar-refractivity contribution in [3.8, 4) is 6.07 Å². The van der Waals surface area contributed by atoms with Gasteiger partial charge in [-0.15, -0.1) is 0 Å². The number of carbonyl (C=O) groups is 2. The van der Waals surface area contributed by atoms with Crippen molar-refractivity contribution in [3.63, 3.8) is 0 Å². The molecular formula is C21H27F3N4O3. The molecule has 1 unspecified atom stereocenters. The van der Waals surface area contributed by atoms with E-state index >= 15 is 0 Å². The summed E-state index contributed by atoms with van der Waals surface area (Å²) in [4.78, 5) is 25.6. The van der Waals surface area contributed by atoms with Crippen LogP contribution in [0.1, 0.15) is 44.7 Å². The molecule has 0 spiro atoms. The molecule has 0 aromatic heterocycles. The number of alkyl carbamates (subject to hydrolysis) is 1. The average Bonchev–Trinajstić information content (AvgIpc) is 2.68. The summed E-state index contributed by atoms with van der Waals surface area (Å²) < 4.78 is 45.6. The molecule has 0 saturated carbocycles. The Kier molecular flexibility index (Phi) is 7.76. The van der Waals surface area contributed by atoms with E-state index in [0.29, 0.717) is 19.4 Å². The van der Waals surface area contributed by atoms with Crippen molar-refractivity contribution in [2.45, 2.75) is 45.4 Å². The molecule has 10 heteroatoms. The maximum Gasteiger partial charge on any atom is 0.418 e. The number of carbonyl (C=O) groups excluding carboxylic acids is 2. The minimum Gasteiger partial charge on any atom is -0.444 e. The summed E-state index contributed by atoms with van der Waals surface area (Å²) in [6, 6.07) is 5.19. The third-order valence-corrected chi connectivity index (χ3v) is 4.66. The van der Waals surface area contributed by atoms with Crippen LogP contribution < -0.4 is 15.5 Å². The fraction of sp³-hybridized carbons (Fsp3) is 0.571. The summed E-state index contributed by atoms with van der Waals surface area (Å²) >= 11 is 0. The van der Waals surface area contributed by atoms with Crippen LogP contribution in [0.3, 0.4) is 0 Å². The Morgan fingerprint density at radius 1 is 1.23 bits per heavy atom. The monoisotopic (exact) mass is 440 g/mol. The van der Waals surface area contributed by atoms with Crippen molar-refractivity contribution < 1.29 is 27.5 Å². The van der Waals surface area contributed by atoms with Crippen LogP contribution in [0.25, 0.3) is 0 Å². The number of piperidine rings is 1. The van der Waals surface area contributed by atoms with Gasteiger partial charge in [0.05, 0.1) is 23.1 Å². The van der Waals surface area contributed by atoms with Gasteiger partial charge >= 0.3 is 12.3 Å². The lowest BCUT2D eigenvalue weighted by atomic mass is 9.95. The second kappa shape index (κ2) is 9.90. The molecule has 1 aromatic rings. The Morgan fingerprint density at radius 3 is 2.52 bits per heavy atom. The number of ether oxygens (including phenoxy) is 1. The highest BCUT2D eigenvalue weighted by Crippen LogP contribution is 2.38. The van der Waals surface area contributed by atoms with E-state index in [1.165, 1.54) is 17.0 Å². The van der Waals surface area contributed by atoms with Crippen LogP contribution in [-0.2, 0) is 15.7 Å². The summed E-state index contributed by atoms with van der Waals surface area (Å²) in [6.45, 7) is 6.09. The highest BCUT2D eigenvalue weighted by Gasteiger charge is 2.37. The number of alkyl halides is 3. The zero-order valence-corrected chi connectivity index (χ0v) is 17.8. The molecule has 2 N–H and O–H groups in total.